The van der Waals surface area contributed by atoms with E-state index in [0.29, 0.717) is 18.6 Å². The second-order valence-corrected chi connectivity index (χ2v) is 6.20. The zero-order valence-corrected chi connectivity index (χ0v) is 13.7. The number of ether oxygens (including phenoxy) is 1. The summed E-state index contributed by atoms with van der Waals surface area (Å²) in [6, 6.07) is 5.71. The van der Waals surface area contributed by atoms with Crippen molar-refractivity contribution >= 4 is 5.91 Å². The number of rotatable bonds is 6. The van der Waals surface area contributed by atoms with Crippen molar-refractivity contribution in [1.29, 1.82) is 0 Å². The van der Waals surface area contributed by atoms with Gasteiger partial charge in [0.15, 0.2) is 5.76 Å². The number of carbonyl (C=O) groups excluding carboxylic acids is 1. The van der Waals surface area contributed by atoms with Crippen LogP contribution in [0, 0.1) is 17.6 Å². The molecular formula is C18H19F2NO4. The Balaban J connectivity index is 1.80. The Kier molecular flexibility index (Phi) is 5.15. The Labute approximate surface area is 143 Å². The van der Waals surface area contributed by atoms with E-state index in [9.17, 15) is 18.7 Å². The van der Waals surface area contributed by atoms with Gasteiger partial charge in [-0.3, -0.25) is 4.79 Å². The SMILES string of the molecule is COCc1ccc(C(=O)N[C@@H](c2ccc(F)cc2F)C2CC(O)C2)o1. The number of nitrogens with one attached hydrogen (secondary N) is 1. The Morgan fingerprint density at radius 2 is 2.12 bits per heavy atom. The summed E-state index contributed by atoms with van der Waals surface area (Å²) in [5.74, 6) is -1.47. The number of halogens is 2. The molecule has 2 N–H and O–H groups in total. The number of aliphatic hydroxyl groups excluding tert-OH is 1. The minimum absolute atomic E-state index is 0.0828. The highest BCUT2D eigenvalue weighted by Crippen LogP contribution is 2.39. The Hall–Kier alpha value is -2.25. The first-order valence-corrected chi connectivity index (χ1v) is 7.99. The highest BCUT2D eigenvalue weighted by atomic mass is 19.1. The largest absolute Gasteiger partial charge is 0.453 e. The fraction of sp³-hybridized carbons (Fsp3) is 0.389. The van der Waals surface area contributed by atoms with Crippen LogP contribution in [-0.4, -0.2) is 24.2 Å². The van der Waals surface area contributed by atoms with Crippen LogP contribution in [0.3, 0.4) is 0 Å². The molecule has 134 valence electrons. The van der Waals surface area contributed by atoms with Crippen molar-refractivity contribution < 1.29 is 27.8 Å². The lowest BCUT2D eigenvalue weighted by atomic mass is 9.75. The molecule has 0 spiro atoms. The number of methoxy groups -OCH3 is 1. The normalized spacial score (nSPS) is 20.8. The lowest BCUT2D eigenvalue weighted by molar-refractivity contribution is 0.0226. The summed E-state index contributed by atoms with van der Waals surface area (Å²) in [7, 11) is 1.51. The molecule has 0 bridgehead atoms. The maximum Gasteiger partial charge on any atom is 0.287 e. The smallest absolute Gasteiger partial charge is 0.287 e. The molecule has 1 atom stereocenters. The molecule has 3 rings (SSSR count). The van der Waals surface area contributed by atoms with E-state index in [1.54, 1.807) is 6.07 Å². The van der Waals surface area contributed by atoms with E-state index in [1.807, 2.05) is 0 Å². The minimum atomic E-state index is -0.730. The number of hydrogen-bond acceptors (Lipinski definition) is 4. The van der Waals surface area contributed by atoms with Gasteiger partial charge in [-0.1, -0.05) is 6.07 Å². The molecule has 0 unspecified atom stereocenters. The third-order valence-electron chi connectivity index (χ3n) is 4.38. The van der Waals surface area contributed by atoms with E-state index in [0.717, 1.165) is 12.1 Å². The topological polar surface area (TPSA) is 71.7 Å². The van der Waals surface area contributed by atoms with Gasteiger partial charge >= 0.3 is 0 Å². The van der Waals surface area contributed by atoms with Crippen LogP contribution in [0.25, 0.3) is 0 Å². The highest BCUT2D eigenvalue weighted by Gasteiger charge is 2.37. The maximum absolute atomic E-state index is 14.2. The summed E-state index contributed by atoms with van der Waals surface area (Å²) >= 11 is 0. The predicted octanol–water partition coefficient (Wildman–Crippen LogP) is 2.95. The van der Waals surface area contributed by atoms with Crippen LogP contribution < -0.4 is 5.32 Å². The molecule has 1 fully saturated rings. The minimum Gasteiger partial charge on any atom is -0.453 e. The Morgan fingerprint density at radius 3 is 2.76 bits per heavy atom. The summed E-state index contributed by atoms with van der Waals surface area (Å²) in [6.07, 6.45) is 0.411. The first-order valence-electron chi connectivity index (χ1n) is 7.99. The Bertz CT molecular complexity index is 755. The maximum atomic E-state index is 14.2. The highest BCUT2D eigenvalue weighted by molar-refractivity contribution is 5.91. The zero-order chi connectivity index (χ0) is 18.0. The first kappa shape index (κ1) is 17.6. The molecule has 1 saturated carbocycles. The van der Waals surface area contributed by atoms with Gasteiger partial charge in [0.1, 0.15) is 24.0 Å². The lowest BCUT2D eigenvalue weighted by Gasteiger charge is -2.38. The summed E-state index contributed by atoms with van der Waals surface area (Å²) in [4.78, 5) is 12.4. The summed E-state index contributed by atoms with van der Waals surface area (Å²) < 4.78 is 37.7. The molecule has 7 heteroatoms. The first-order chi connectivity index (χ1) is 12.0. The van der Waals surface area contributed by atoms with Crippen LogP contribution >= 0.6 is 0 Å². The van der Waals surface area contributed by atoms with Gasteiger partial charge in [0.05, 0.1) is 12.1 Å². The standard InChI is InChI=1S/C18H19F2NO4/c1-24-9-13-3-5-16(25-13)18(23)21-17(10-6-12(22)7-10)14-4-2-11(19)8-15(14)20/h2-5,8,10,12,17,22H,6-7,9H2,1H3,(H,21,23)/t10?,12?,17-/m1/s1. The number of aliphatic hydroxyl groups is 1. The second kappa shape index (κ2) is 7.33. The molecular weight excluding hydrogens is 332 g/mol. The summed E-state index contributed by atoms with van der Waals surface area (Å²) in [6.45, 7) is 0.234. The fourth-order valence-corrected chi connectivity index (χ4v) is 3.04. The molecule has 1 aliphatic carbocycles. The van der Waals surface area contributed by atoms with Gasteiger partial charge < -0.3 is 19.6 Å². The second-order valence-electron chi connectivity index (χ2n) is 6.20. The third kappa shape index (κ3) is 3.88. The molecule has 0 aliphatic heterocycles. The van der Waals surface area contributed by atoms with Gasteiger partial charge in [0.25, 0.3) is 5.91 Å². The number of hydrogen-bond donors (Lipinski definition) is 2. The summed E-state index contributed by atoms with van der Waals surface area (Å²) in [5, 5.41) is 12.3. The number of benzene rings is 1. The van der Waals surface area contributed by atoms with E-state index in [-0.39, 0.29) is 23.8 Å². The van der Waals surface area contributed by atoms with Crippen LogP contribution in [0.1, 0.15) is 40.8 Å². The molecule has 0 saturated heterocycles. The number of furan rings is 1. The molecule has 0 radical (unpaired) electrons. The van der Waals surface area contributed by atoms with Crippen molar-refractivity contribution in [3.63, 3.8) is 0 Å². The van der Waals surface area contributed by atoms with Crippen molar-refractivity contribution in [2.45, 2.75) is 31.6 Å². The molecule has 1 amide bonds. The Morgan fingerprint density at radius 1 is 1.36 bits per heavy atom. The zero-order valence-electron chi connectivity index (χ0n) is 13.7. The van der Waals surface area contributed by atoms with E-state index in [4.69, 9.17) is 9.15 Å². The van der Waals surface area contributed by atoms with Crippen molar-refractivity contribution in [3.05, 3.63) is 59.1 Å². The van der Waals surface area contributed by atoms with Gasteiger partial charge in [-0.05, 0) is 37.0 Å². The molecule has 2 aromatic rings. The van der Waals surface area contributed by atoms with Crippen molar-refractivity contribution in [1.82, 2.24) is 5.32 Å². The van der Waals surface area contributed by atoms with Crippen molar-refractivity contribution in [2.75, 3.05) is 7.11 Å². The number of amides is 1. The van der Waals surface area contributed by atoms with Gasteiger partial charge in [0, 0.05) is 18.7 Å². The molecule has 25 heavy (non-hydrogen) atoms. The van der Waals surface area contributed by atoms with E-state index in [2.05, 4.69) is 5.32 Å². The van der Waals surface area contributed by atoms with Gasteiger partial charge in [-0.25, -0.2) is 8.78 Å². The van der Waals surface area contributed by atoms with E-state index < -0.39 is 29.7 Å². The third-order valence-corrected chi connectivity index (χ3v) is 4.38. The lowest BCUT2D eigenvalue weighted by Crippen LogP contribution is -2.41. The number of carbonyl (C=O) groups is 1. The van der Waals surface area contributed by atoms with Crippen LogP contribution in [0.15, 0.2) is 34.7 Å². The van der Waals surface area contributed by atoms with Crippen molar-refractivity contribution in [2.24, 2.45) is 5.92 Å². The average Bonchev–Trinajstić information content (AvgIpc) is 2.99. The fourth-order valence-electron chi connectivity index (χ4n) is 3.04. The predicted molar refractivity (Wildman–Crippen MR) is 84.7 cm³/mol. The molecule has 1 aromatic carbocycles. The molecule has 1 aromatic heterocycles. The molecule has 1 aliphatic rings. The van der Waals surface area contributed by atoms with Crippen LogP contribution in [-0.2, 0) is 11.3 Å². The average molecular weight is 351 g/mol. The van der Waals surface area contributed by atoms with Gasteiger partial charge in [0.2, 0.25) is 0 Å². The van der Waals surface area contributed by atoms with Crippen LogP contribution in [0.2, 0.25) is 0 Å². The van der Waals surface area contributed by atoms with Gasteiger partial charge in [-0.15, -0.1) is 0 Å². The quantitative estimate of drug-likeness (QED) is 0.839. The van der Waals surface area contributed by atoms with E-state index >= 15 is 0 Å². The monoisotopic (exact) mass is 351 g/mol. The molecule has 5 nitrogen and oxygen atoms in total. The summed E-state index contributed by atoms with van der Waals surface area (Å²) in [5.41, 5.74) is 0.190. The molecule has 1 heterocycles. The van der Waals surface area contributed by atoms with Crippen LogP contribution in [0.5, 0.6) is 0 Å². The van der Waals surface area contributed by atoms with E-state index in [1.165, 1.54) is 19.2 Å². The van der Waals surface area contributed by atoms with Crippen LogP contribution in [0.4, 0.5) is 8.78 Å². The van der Waals surface area contributed by atoms with Gasteiger partial charge in [-0.2, -0.15) is 0 Å². The van der Waals surface area contributed by atoms with Crippen molar-refractivity contribution in [3.8, 4) is 0 Å².